The smallest absolute Gasteiger partial charge is 0.339 e. The molecule has 2 saturated carbocycles. The summed E-state index contributed by atoms with van der Waals surface area (Å²) in [6.45, 7) is 15.3. The summed E-state index contributed by atoms with van der Waals surface area (Å²) in [5.74, 6) is -4.20. The van der Waals surface area contributed by atoms with Gasteiger partial charge in [0, 0.05) is 43.1 Å². The minimum absolute atomic E-state index is 0.0606. The Kier molecular flexibility index (Phi) is 12.8. The van der Waals surface area contributed by atoms with Gasteiger partial charge in [0.25, 0.3) is 0 Å². The maximum absolute atomic E-state index is 14.8. The van der Waals surface area contributed by atoms with Crippen molar-refractivity contribution in [2.45, 2.75) is 165 Å². The van der Waals surface area contributed by atoms with Gasteiger partial charge in [-0.2, -0.15) is 0 Å². The minimum Gasteiger partial charge on any atom is -0.472 e. The molecule has 352 valence electrons. The van der Waals surface area contributed by atoms with E-state index in [2.05, 4.69) is 6.58 Å². The maximum atomic E-state index is 14.8. The summed E-state index contributed by atoms with van der Waals surface area (Å²) in [7, 11) is 1.26. The number of aliphatic hydroxyl groups is 6. The lowest BCUT2D eigenvalue weighted by Gasteiger charge is -2.73. The topological polar surface area (TPSA) is 286 Å². The van der Waals surface area contributed by atoms with E-state index >= 15 is 0 Å². The molecule has 6 aliphatic rings. The summed E-state index contributed by atoms with van der Waals surface area (Å²) in [6.07, 6.45) is -19.9. The van der Waals surface area contributed by atoms with Gasteiger partial charge in [0.05, 0.1) is 43.9 Å². The van der Waals surface area contributed by atoms with Crippen LogP contribution in [-0.2, 0) is 61.8 Å². The van der Waals surface area contributed by atoms with Crippen LogP contribution in [0.2, 0.25) is 0 Å². The summed E-state index contributed by atoms with van der Waals surface area (Å²) in [6, 6.07) is 1.57. The highest BCUT2D eigenvalue weighted by Gasteiger charge is 2.80. The van der Waals surface area contributed by atoms with Gasteiger partial charge < -0.3 is 77.7 Å². The highest BCUT2D eigenvalue weighted by molar-refractivity contribution is 5.80. The molecule has 1 aromatic heterocycles. The van der Waals surface area contributed by atoms with E-state index in [1.807, 2.05) is 20.8 Å². The highest BCUT2D eigenvalue weighted by atomic mass is 16.7. The fourth-order valence-electron chi connectivity index (χ4n) is 11.6. The van der Waals surface area contributed by atoms with Crippen LogP contribution in [0.15, 0.2) is 35.2 Å². The normalized spacial score (nSPS) is 46.7. The number of aliphatic hydroxyl groups excluding tert-OH is 6. The molecule has 4 aliphatic heterocycles. The van der Waals surface area contributed by atoms with E-state index in [1.165, 1.54) is 40.4 Å². The predicted molar refractivity (Wildman–Crippen MR) is 208 cm³/mol. The first-order valence-corrected chi connectivity index (χ1v) is 21.1. The van der Waals surface area contributed by atoms with Crippen molar-refractivity contribution in [2.75, 3.05) is 13.7 Å². The first-order valence-electron chi connectivity index (χ1n) is 21.1. The zero-order valence-corrected chi connectivity index (χ0v) is 36.5. The van der Waals surface area contributed by atoms with E-state index in [-0.39, 0.29) is 19.3 Å². The minimum atomic E-state index is -2.06. The third-order valence-electron chi connectivity index (χ3n) is 15.1. The summed E-state index contributed by atoms with van der Waals surface area (Å²) in [5, 5.41) is 64.7. The summed E-state index contributed by atoms with van der Waals surface area (Å²) in [5.41, 5.74) is -4.97. The van der Waals surface area contributed by atoms with Crippen LogP contribution in [0.1, 0.15) is 79.4 Å². The molecule has 0 radical (unpaired) electrons. The Labute approximate surface area is 363 Å². The molecule has 2 aliphatic carbocycles. The van der Waals surface area contributed by atoms with Crippen LogP contribution >= 0.6 is 0 Å². The van der Waals surface area contributed by atoms with E-state index in [1.54, 1.807) is 13.0 Å². The SMILES string of the molecule is C=C1[C@@H]2C[C@H](OC(C)=O)[C@@]3(C)[C@H](c4ccoc4)OC(=O)[C@@H](O[C@@H]4O[C@H](CO[C@@H]5O[C@@H](C)[C@H](O)[C@@H](O)[C@H]5O)[C@@H](O)[C@H](O)[C@H]4O)[C@]13O[C@H]1C[C@H](OC(C)=O)C(C)(C)[C@H](CC(=O)OC)[C@]12C. The molecular weight excluding hydrogens is 836 g/mol. The Bertz CT molecular complexity index is 1900. The van der Waals surface area contributed by atoms with Crippen LogP contribution in [0.25, 0.3) is 0 Å². The second-order valence-electron chi connectivity index (χ2n) is 18.8. The number of methoxy groups -OCH3 is 1. The zero-order valence-electron chi connectivity index (χ0n) is 36.5. The van der Waals surface area contributed by atoms with Crippen molar-refractivity contribution in [3.63, 3.8) is 0 Å². The first-order chi connectivity index (χ1) is 29.5. The predicted octanol–water partition coefficient (Wildman–Crippen LogP) is 0.113. The number of hydrogen-bond donors (Lipinski definition) is 6. The largest absolute Gasteiger partial charge is 0.472 e. The molecule has 7 rings (SSSR count). The van der Waals surface area contributed by atoms with Gasteiger partial charge in [-0.15, -0.1) is 0 Å². The van der Waals surface area contributed by atoms with Crippen LogP contribution in [0.4, 0.5) is 0 Å². The van der Waals surface area contributed by atoms with Crippen molar-refractivity contribution in [3.05, 3.63) is 36.3 Å². The van der Waals surface area contributed by atoms with Crippen LogP contribution in [-0.4, -0.2) is 160 Å². The average molecular weight is 897 g/mol. The fraction of sp³-hybridized carbons (Fsp3) is 0.767. The molecule has 0 amide bonds. The van der Waals surface area contributed by atoms with Crippen molar-refractivity contribution in [1.29, 1.82) is 0 Å². The van der Waals surface area contributed by atoms with Gasteiger partial charge in [0.2, 0.25) is 0 Å². The number of esters is 4. The van der Waals surface area contributed by atoms with Gasteiger partial charge >= 0.3 is 23.9 Å². The van der Waals surface area contributed by atoms with Gasteiger partial charge in [-0.25, -0.2) is 4.79 Å². The maximum Gasteiger partial charge on any atom is 0.339 e. The van der Waals surface area contributed by atoms with Crippen LogP contribution in [0, 0.1) is 28.1 Å². The second-order valence-corrected chi connectivity index (χ2v) is 18.8. The standard InChI is InChI=1S/C43H60O20/c1-17-22-12-27(59-20(4)45)42(8)35(21-10-11-55-15-21)61-37(53)36(43(17,42)63-26-14-25(58-19(3)44)40(5,6)24(41(22,26)7)13-28(46)54-9)62-39-34(52)32(50)30(48)23(60-39)16-56-38-33(51)31(49)29(47)18(2)57-38/h10-11,15,18,22-27,29-36,38-39,47-52H,1,12-14,16H2,2-9H3/t18-,22-,23+,24-,25-,26-,27-,29-,30+,31+,32-,33+,34+,35-,36+,38+,39-,41+,42-,43+/m0/s1. The van der Waals surface area contributed by atoms with Crippen LogP contribution < -0.4 is 0 Å². The third-order valence-corrected chi connectivity index (χ3v) is 15.1. The molecule has 6 N–H and O–H groups in total. The van der Waals surface area contributed by atoms with E-state index in [0.29, 0.717) is 11.1 Å². The quantitative estimate of drug-likeness (QED) is 0.103. The lowest BCUT2D eigenvalue weighted by molar-refractivity contribution is -0.382. The number of rotatable bonds is 10. The van der Waals surface area contributed by atoms with E-state index in [9.17, 15) is 49.8 Å². The van der Waals surface area contributed by atoms with Gasteiger partial charge in [0.1, 0.15) is 66.6 Å². The van der Waals surface area contributed by atoms with E-state index in [4.69, 9.17) is 47.0 Å². The average Bonchev–Trinajstić information content (AvgIpc) is 3.76. The van der Waals surface area contributed by atoms with E-state index < -0.39 is 156 Å². The molecule has 63 heavy (non-hydrogen) atoms. The fourth-order valence-corrected chi connectivity index (χ4v) is 11.6. The Hall–Kier alpha value is -3.54. The molecule has 6 fully saturated rings. The lowest BCUT2D eigenvalue weighted by Crippen LogP contribution is -2.81. The van der Waals surface area contributed by atoms with Crippen molar-refractivity contribution in [3.8, 4) is 0 Å². The van der Waals surface area contributed by atoms with Crippen LogP contribution in [0.3, 0.4) is 0 Å². The molecule has 1 aromatic rings. The van der Waals surface area contributed by atoms with Gasteiger partial charge in [-0.05, 0) is 43.7 Å². The molecule has 2 bridgehead atoms. The van der Waals surface area contributed by atoms with E-state index in [0.717, 1.165) is 0 Å². The van der Waals surface area contributed by atoms with Gasteiger partial charge in [-0.1, -0.05) is 27.4 Å². The summed E-state index contributed by atoms with van der Waals surface area (Å²) >= 11 is 0. The molecule has 1 spiro atoms. The number of carbonyl (C=O) groups is 4. The third kappa shape index (κ3) is 7.42. The number of hydrogen-bond acceptors (Lipinski definition) is 20. The van der Waals surface area contributed by atoms with Crippen LogP contribution in [0.5, 0.6) is 0 Å². The van der Waals surface area contributed by atoms with Crippen molar-refractivity contribution in [1.82, 2.24) is 0 Å². The molecule has 20 heteroatoms. The lowest BCUT2D eigenvalue weighted by atomic mass is 9.40. The first kappa shape index (κ1) is 47.4. The molecule has 4 saturated heterocycles. The summed E-state index contributed by atoms with van der Waals surface area (Å²) in [4.78, 5) is 53.9. The highest BCUT2D eigenvalue weighted by Crippen LogP contribution is 2.73. The monoisotopic (exact) mass is 896 g/mol. The molecule has 20 nitrogen and oxygen atoms in total. The molecule has 0 aromatic carbocycles. The molecule has 5 heterocycles. The van der Waals surface area contributed by atoms with Crippen molar-refractivity contribution < 1.29 is 96.9 Å². The van der Waals surface area contributed by atoms with Gasteiger partial charge in [0.15, 0.2) is 18.7 Å². The summed E-state index contributed by atoms with van der Waals surface area (Å²) < 4.78 is 60.1. The van der Waals surface area contributed by atoms with Crippen molar-refractivity contribution in [2.24, 2.45) is 28.1 Å². The Morgan fingerprint density at radius 1 is 0.857 bits per heavy atom. The van der Waals surface area contributed by atoms with Gasteiger partial charge in [-0.3, -0.25) is 14.4 Å². The molecular formula is C43H60O20. The Morgan fingerprint density at radius 3 is 2.11 bits per heavy atom. The number of fused-ring (bicyclic) bond motifs is 3. The number of cyclic esters (lactones) is 1. The Balaban J connectivity index is 1.33. The Morgan fingerprint density at radius 2 is 1.49 bits per heavy atom. The molecule has 0 unspecified atom stereocenters. The van der Waals surface area contributed by atoms with Crippen molar-refractivity contribution >= 4 is 23.9 Å². The zero-order chi connectivity index (χ0) is 46.3. The molecule has 20 atom stereocenters. The second kappa shape index (κ2) is 17.0. The number of ether oxygens (including phenoxy) is 9. The number of carbonyl (C=O) groups excluding carboxylic acids is 4. The number of furan rings is 1.